The predicted molar refractivity (Wildman–Crippen MR) is 38.6 cm³/mol. The molecule has 0 aromatic rings. The number of hydrogen-bond donors (Lipinski definition) is 1. The molecule has 0 aliphatic carbocycles. The number of rotatable bonds is 0. The second-order valence-electron chi connectivity index (χ2n) is 3.66. The third-order valence-electron chi connectivity index (χ3n) is 2.99. The van der Waals surface area contributed by atoms with Crippen LogP contribution in [0.2, 0.25) is 0 Å². The molecule has 2 heteroatoms. The maximum atomic E-state index is 13.1. The fourth-order valence-electron chi connectivity index (χ4n) is 2.19. The van der Waals surface area contributed by atoms with Crippen LogP contribution in [0.4, 0.5) is 4.39 Å². The van der Waals surface area contributed by atoms with Crippen molar-refractivity contribution in [1.29, 1.82) is 0 Å². The molecule has 4 unspecified atom stereocenters. The number of halogens is 1. The van der Waals surface area contributed by atoms with Gasteiger partial charge in [0.2, 0.25) is 0 Å². The smallest absolute Gasteiger partial charge is 0.106 e. The van der Waals surface area contributed by atoms with Crippen LogP contribution in [-0.4, -0.2) is 18.3 Å². The van der Waals surface area contributed by atoms with E-state index < -0.39 is 6.17 Å². The van der Waals surface area contributed by atoms with Crippen LogP contribution in [-0.2, 0) is 0 Å². The maximum absolute atomic E-state index is 13.1. The molecule has 0 amide bonds. The van der Waals surface area contributed by atoms with Crippen LogP contribution in [0.3, 0.4) is 0 Å². The minimum Gasteiger partial charge on any atom is -0.311 e. The van der Waals surface area contributed by atoms with Crippen LogP contribution in [0.5, 0.6) is 0 Å². The monoisotopic (exact) mass is 143 g/mol. The van der Waals surface area contributed by atoms with Gasteiger partial charge in [0.15, 0.2) is 0 Å². The molecule has 2 aliphatic rings. The molecule has 2 aliphatic heterocycles. The summed E-state index contributed by atoms with van der Waals surface area (Å²) in [5.74, 6) is 0.249. The topological polar surface area (TPSA) is 12.0 Å². The molecule has 0 spiro atoms. The molecule has 1 nitrogen and oxygen atoms in total. The summed E-state index contributed by atoms with van der Waals surface area (Å²) >= 11 is 0. The average molecular weight is 143 g/mol. The van der Waals surface area contributed by atoms with Gasteiger partial charge in [0.25, 0.3) is 0 Å². The Morgan fingerprint density at radius 1 is 1.40 bits per heavy atom. The van der Waals surface area contributed by atoms with Crippen molar-refractivity contribution in [3.63, 3.8) is 0 Å². The van der Waals surface area contributed by atoms with E-state index in [2.05, 4.69) is 5.32 Å². The minimum atomic E-state index is -0.543. The van der Waals surface area contributed by atoms with Gasteiger partial charge in [-0.3, -0.25) is 0 Å². The molecular formula is C8H14FN. The molecule has 2 fully saturated rings. The molecule has 4 atom stereocenters. The molecule has 1 N–H and O–H groups in total. The molecule has 2 heterocycles. The van der Waals surface area contributed by atoms with Crippen molar-refractivity contribution < 1.29 is 4.39 Å². The summed E-state index contributed by atoms with van der Waals surface area (Å²) < 4.78 is 13.1. The molecule has 2 rings (SSSR count). The first-order valence-corrected chi connectivity index (χ1v) is 4.17. The van der Waals surface area contributed by atoms with Crippen LogP contribution < -0.4 is 5.32 Å². The Labute approximate surface area is 61.0 Å². The van der Waals surface area contributed by atoms with Crippen molar-refractivity contribution in [2.45, 2.75) is 44.4 Å². The lowest BCUT2D eigenvalue weighted by atomic mass is 9.92. The van der Waals surface area contributed by atoms with E-state index in [1.54, 1.807) is 0 Å². The summed E-state index contributed by atoms with van der Waals surface area (Å²) in [5.41, 5.74) is 0. The van der Waals surface area contributed by atoms with E-state index in [9.17, 15) is 4.39 Å². The van der Waals surface area contributed by atoms with Crippen molar-refractivity contribution in [3.8, 4) is 0 Å². The van der Waals surface area contributed by atoms with Gasteiger partial charge in [0, 0.05) is 18.0 Å². The predicted octanol–water partition coefficient (Wildman–Crippen LogP) is 1.48. The van der Waals surface area contributed by atoms with Crippen LogP contribution in [0.15, 0.2) is 0 Å². The summed E-state index contributed by atoms with van der Waals surface area (Å²) in [5, 5.41) is 3.43. The highest BCUT2D eigenvalue weighted by Crippen LogP contribution is 2.32. The third kappa shape index (κ3) is 0.858. The second kappa shape index (κ2) is 2.19. The van der Waals surface area contributed by atoms with Gasteiger partial charge in [-0.1, -0.05) is 6.92 Å². The molecule has 0 radical (unpaired) electrons. The SMILES string of the molecule is CC1C(F)CC2CCC1N2. The molecular weight excluding hydrogens is 129 g/mol. The Morgan fingerprint density at radius 3 is 3.00 bits per heavy atom. The van der Waals surface area contributed by atoms with E-state index in [0.717, 1.165) is 6.42 Å². The normalized spacial score (nSPS) is 53.4. The van der Waals surface area contributed by atoms with Gasteiger partial charge in [-0.2, -0.15) is 0 Å². The van der Waals surface area contributed by atoms with Gasteiger partial charge in [-0.25, -0.2) is 4.39 Å². The zero-order valence-electron chi connectivity index (χ0n) is 6.31. The van der Waals surface area contributed by atoms with E-state index in [-0.39, 0.29) is 5.92 Å². The summed E-state index contributed by atoms with van der Waals surface area (Å²) in [7, 11) is 0. The molecule has 0 saturated carbocycles. The van der Waals surface area contributed by atoms with Gasteiger partial charge in [0.05, 0.1) is 0 Å². The lowest BCUT2D eigenvalue weighted by molar-refractivity contribution is 0.149. The Bertz CT molecular complexity index is 137. The first kappa shape index (κ1) is 6.59. The number of hydrogen-bond acceptors (Lipinski definition) is 1. The van der Waals surface area contributed by atoms with E-state index in [4.69, 9.17) is 0 Å². The van der Waals surface area contributed by atoms with Gasteiger partial charge < -0.3 is 5.32 Å². The van der Waals surface area contributed by atoms with Crippen LogP contribution in [0.25, 0.3) is 0 Å². The van der Waals surface area contributed by atoms with Gasteiger partial charge in [0.1, 0.15) is 6.17 Å². The van der Waals surface area contributed by atoms with E-state index in [1.165, 1.54) is 12.8 Å². The minimum absolute atomic E-state index is 0.249. The van der Waals surface area contributed by atoms with Crippen molar-refractivity contribution in [1.82, 2.24) is 5.32 Å². The van der Waals surface area contributed by atoms with Crippen molar-refractivity contribution in [2.24, 2.45) is 5.92 Å². The largest absolute Gasteiger partial charge is 0.311 e. The summed E-state index contributed by atoms with van der Waals surface area (Å²) in [6.45, 7) is 2.02. The van der Waals surface area contributed by atoms with Crippen LogP contribution in [0.1, 0.15) is 26.2 Å². The van der Waals surface area contributed by atoms with E-state index in [0.29, 0.717) is 12.1 Å². The zero-order chi connectivity index (χ0) is 7.14. The fraction of sp³-hybridized carbons (Fsp3) is 1.00. The first-order valence-electron chi connectivity index (χ1n) is 4.17. The first-order chi connectivity index (χ1) is 4.77. The number of nitrogens with one attached hydrogen (secondary N) is 1. The van der Waals surface area contributed by atoms with E-state index in [1.807, 2.05) is 6.92 Å². The molecule has 0 aromatic carbocycles. The fourth-order valence-corrected chi connectivity index (χ4v) is 2.19. The highest BCUT2D eigenvalue weighted by molar-refractivity contribution is 4.96. The van der Waals surface area contributed by atoms with Crippen molar-refractivity contribution in [3.05, 3.63) is 0 Å². The highest BCUT2D eigenvalue weighted by Gasteiger charge is 2.38. The van der Waals surface area contributed by atoms with E-state index >= 15 is 0 Å². The highest BCUT2D eigenvalue weighted by atomic mass is 19.1. The molecule has 58 valence electrons. The molecule has 0 aromatic heterocycles. The summed E-state index contributed by atoms with van der Waals surface area (Å²) in [6, 6.07) is 0.977. The van der Waals surface area contributed by atoms with Crippen molar-refractivity contribution >= 4 is 0 Å². The Kier molecular flexibility index (Phi) is 1.44. The third-order valence-corrected chi connectivity index (χ3v) is 2.99. The lowest BCUT2D eigenvalue weighted by Crippen LogP contribution is -2.45. The Morgan fingerprint density at radius 2 is 2.20 bits per heavy atom. The second-order valence-corrected chi connectivity index (χ2v) is 3.66. The Balaban J connectivity index is 2.09. The van der Waals surface area contributed by atoms with Gasteiger partial charge in [-0.15, -0.1) is 0 Å². The number of piperidine rings is 1. The van der Waals surface area contributed by atoms with Crippen LogP contribution in [0, 0.1) is 5.92 Å². The molecule has 2 bridgehead atoms. The molecule has 2 saturated heterocycles. The molecule has 10 heavy (non-hydrogen) atoms. The number of alkyl halides is 1. The quantitative estimate of drug-likeness (QED) is 0.541. The zero-order valence-corrected chi connectivity index (χ0v) is 6.31. The van der Waals surface area contributed by atoms with Crippen molar-refractivity contribution in [2.75, 3.05) is 0 Å². The summed E-state index contributed by atoms with van der Waals surface area (Å²) in [4.78, 5) is 0. The van der Waals surface area contributed by atoms with Gasteiger partial charge in [-0.05, 0) is 19.3 Å². The van der Waals surface area contributed by atoms with Gasteiger partial charge >= 0.3 is 0 Å². The summed E-state index contributed by atoms with van der Waals surface area (Å²) in [6.07, 6.45) is 2.58. The standard InChI is InChI=1S/C8H14FN/c1-5-7(9)4-6-2-3-8(5)10-6/h5-8,10H,2-4H2,1H3. The maximum Gasteiger partial charge on any atom is 0.106 e. The lowest BCUT2D eigenvalue weighted by Gasteiger charge is -2.30. The average Bonchev–Trinajstić information content (AvgIpc) is 2.29. The Hall–Kier alpha value is -0.110. The number of fused-ring (bicyclic) bond motifs is 2. The van der Waals surface area contributed by atoms with Crippen LogP contribution >= 0.6 is 0 Å².